The monoisotopic (exact) mass is 303 g/mol. The summed E-state index contributed by atoms with van der Waals surface area (Å²) in [6, 6.07) is 4.18. The maximum absolute atomic E-state index is 11.9. The molecule has 0 aliphatic rings. The SMILES string of the molecule is CC(C)C(NC(=O)C(C)(C)Br)c1cccs1. The fraction of sp³-hybridized carbons (Fsp3) is 0.583. The molecule has 90 valence electrons. The minimum Gasteiger partial charge on any atom is -0.347 e. The van der Waals surface area contributed by atoms with Gasteiger partial charge in [-0.05, 0) is 31.2 Å². The van der Waals surface area contributed by atoms with Crippen molar-refractivity contribution in [3.05, 3.63) is 22.4 Å². The molecule has 0 bridgehead atoms. The van der Waals surface area contributed by atoms with Gasteiger partial charge in [-0.1, -0.05) is 35.8 Å². The van der Waals surface area contributed by atoms with Crippen LogP contribution in [-0.4, -0.2) is 10.2 Å². The molecule has 0 saturated heterocycles. The van der Waals surface area contributed by atoms with Gasteiger partial charge in [0.25, 0.3) is 0 Å². The molecular formula is C12H18BrNOS. The molecule has 0 saturated carbocycles. The zero-order valence-electron chi connectivity index (χ0n) is 10.1. The molecule has 1 aromatic rings. The van der Waals surface area contributed by atoms with Gasteiger partial charge < -0.3 is 5.32 Å². The van der Waals surface area contributed by atoms with E-state index in [0.717, 1.165) is 0 Å². The fourth-order valence-electron chi connectivity index (χ4n) is 1.35. The highest BCUT2D eigenvalue weighted by Crippen LogP contribution is 2.27. The Kier molecular flexibility index (Phi) is 4.56. The van der Waals surface area contributed by atoms with Crippen LogP contribution in [0.3, 0.4) is 0 Å². The van der Waals surface area contributed by atoms with Crippen molar-refractivity contribution in [2.75, 3.05) is 0 Å². The van der Waals surface area contributed by atoms with Crippen LogP contribution in [0.4, 0.5) is 0 Å². The number of halogens is 1. The van der Waals surface area contributed by atoms with E-state index in [1.54, 1.807) is 11.3 Å². The maximum atomic E-state index is 11.9. The highest BCUT2D eigenvalue weighted by Gasteiger charge is 2.28. The smallest absolute Gasteiger partial charge is 0.236 e. The van der Waals surface area contributed by atoms with Gasteiger partial charge in [-0.25, -0.2) is 0 Å². The Balaban J connectivity index is 2.78. The van der Waals surface area contributed by atoms with Crippen LogP contribution in [0.5, 0.6) is 0 Å². The topological polar surface area (TPSA) is 29.1 Å². The predicted octanol–water partition coefficient (Wildman–Crippen LogP) is 3.73. The summed E-state index contributed by atoms with van der Waals surface area (Å²) in [4.78, 5) is 13.1. The molecule has 2 nitrogen and oxygen atoms in total. The Labute approximate surface area is 110 Å². The van der Waals surface area contributed by atoms with Gasteiger partial charge in [-0.2, -0.15) is 0 Å². The van der Waals surface area contributed by atoms with E-state index in [9.17, 15) is 4.79 Å². The number of nitrogens with one attached hydrogen (secondary N) is 1. The maximum Gasteiger partial charge on any atom is 0.236 e. The van der Waals surface area contributed by atoms with E-state index in [1.165, 1.54) is 4.88 Å². The predicted molar refractivity (Wildman–Crippen MR) is 73.0 cm³/mol. The zero-order chi connectivity index (χ0) is 12.3. The minimum atomic E-state index is -0.516. The lowest BCUT2D eigenvalue weighted by molar-refractivity contribution is -0.123. The van der Waals surface area contributed by atoms with Gasteiger partial charge >= 0.3 is 0 Å². The second kappa shape index (κ2) is 5.32. The van der Waals surface area contributed by atoms with Crippen molar-refractivity contribution < 1.29 is 4.79 Å². The molecule has 1 amide bonds. The Morgan fingerprint density at radius 1 is 1.50 bits per heavy atom. The van der Waals surface area contributed by atoms with Crippen molar-refractivity contribution >= 4 is 33.2 Å². The molecule has 1 N–H and O–H groups in total. The quantitative estimate of drug-likeness (QED) is 0.844. The van der Waals surface area contributed by atoms with Gasteiger partial charge in [0.1, 0.15) is 0 Å². The van der Waals surface area contributed by atoms with Gasteiger partial charge in [0.2, 0.25) is 5.91 Å². The molecule has 1 unspecified atom stereocenters. The summed E-state index contributed by atoms with van der Waals surface area (Å²) in [6.45, 7) is 7.94. The van der Waals surface area contributed by atoms with E-state index in [4.69, 9.17) is 0 Å². The van der Waals surface area contributed by atoms with Crippen LogP contribution in [-0.2, 0) is 4.79 Å². The number of thiophene rings is 1. The van der Waals surface area contributed by atoms with Crippen LogP contribution in [0.25, 0.3) is 0 Å². The van der Waals surface area contributed by atoms with Crippen molar-refractivity contribution in [1.29, 1.82) is 0 Å². The average molecular weight is 304 g/mol. The van der Waals surface area contributed by atoms with E-state index in [-0.39, 0.29) is 11.9 Å². The first kappa shape index (κ1) is 13.7. The lowest BCUT2D eigenvalue weighted by atomic mass is 10.0. The molecule has 16 heavy (non-hydrogen) atoms. The van der Waals surface area contributed by atoms with Crippen molar-refractivity contribution in [2.24, 2.45) is 5.92 Å². The lowest BCUT2D eigenvalue weighted by Gasteiger charge is -2.25. The van der Waals surface area contributed by atoms with Crippen molar-refractivity contribution in [1.82, 2.24) is 5.32 Å². The molecule has 1 rings (SSSR count). The normalized spacial score (nSPS) is 13.9. The molecule has 1 aromatic heterocycles. The molecule has 0 fully saturated rings. The Morgan fingerprint density at radius 2 is 2.12 bits per heavy atom. The van der Waals surface area contributed by atoms with E-state index in [1.807, 2.05) is 25.3 Å². The molecule has 4 heteroatoms. The number of amides is 1. The van der Waals surface area contributed by atoms with Gasteiger partial charge in [-0.3, -0.25) is 4.79 Å². The molecule has 0 aromatic carbocycles. The highest BCUT2D eigenvalue weighted by atomic mass is 79.9. The molecule has 0 aliphatic heterocycles. The molecule has 1 heterocycles. The third-order valence-electron chi connectivity index (χ3n) is 2.34. The first-order valence-electron chi connectivity index (χ1n) is 5.35. The summed E-state index contributed by atoms with van der Waals surface area (Å²) in [6.07, 6.45) is 0. The van der Waals surface area contributed by atoms with Crippen molar-refractivity contribution in [3.63, 3.8) is 0 Å². The second-order valence-electron chi connectivity index (χ2n) is 4.68. The summed E-state index contributed by atoms with van der Waals surface area (Å²) in [5.74, 6) is 0.414. The van der Waals surface area contributed by atoms with E-state index in [2.05, 4.69) is 41.2 Å². The van der Waals surface area contributed by atoms with E-state index < -0.39 is 4.32 Å². The largest absolute Gasteiger partial charge is 0.347 e. The molecule has 0 radical (unpaired) electrons. The molecule has 0 spiro atoms. The van der Waals surface area contributed by atoms with Crippen LogP contribution in [0.2, 0.25) is 0 Å². The van der Waals surface area contributed by atoms with Gasteiger partial charge in [0.05, 0.1) is 10.4 Å². The van der Waals surface area contributed by atoms with Gasteiger partial charge in [0.15, 0.2) is 0 Å². The average Bonchev–Trinajstić information content (AvgIpc) is 2.63. The van der Waals surface area contributed by atoms with Gasteiger partial charge in [-0.15, -0.1) is 11.3 Å². The Hall–Kier alpha value is -0.350. The summed E-state index contributed by atoms with van der Waals surface area (Å²) >= 11 is 5.06. The molecular weight excluding hydrogens is 286 g/mol. The second-order valence-corrected chi connectivity index (χ2v) is 7.64. The van der Waals surface area contributed by atoms with Gasteiger partial charge in [0, 0.05) is 4.88 Å². The van der Waals surface area contributed by atoms with Crippen LogP contribution in [0.15, 0.2) is 17.5 Å². The first-order chi connectivity index (χ1) is 7.32. The van der Waals surface area contributed by atoms with Crippen LogP contribution in [0, 0.1) is 5.92 Å². The number of carbonyl (C=O) groups is 1. The van der Waals surface area contributed by atoms with E-state index >= 15 is 0 Å². The third-order valence-corrected chi connectivity index (χ3v) is 3.66. The summed E-state index contributed by atoms with van der Waals surface area (Å²) in [5, 5.41) is 5.12. The number of rotatable bonds is 4. The Bertz CT molecular complexity index is 340. The highest BCUT2D eigenvalue weighted by molar-refractivity contribution is 9.10. The third kappa shape index (κ3) is 3.59. The van der Waals surface area contributed by atoms with Crippen LogP contribution in [0.1, 0.15) is 38.6 Å². The molecule has 0 aliphatic carbocycles. The van der Waals surface area contributed by atoms with E-state index in [0.29, 0.717) is 5.92 Å². The molecule has 1 atom stereocenters. The number of alkyl halides is 1. The summed E-state index contributed by atoms with van der Waals surface area (Å²) in [5.41, 5.74) is 0. The minimum absolute atomic E-state index is 0.0274. The summed E-state index contributed by atoms with van der Waals surface area (Å²) < 4.78 is -0.516. The summed E-state index contributed by atoms with van der Waals surface area (Å²) in [7, 11) is 0. The number of carbonyl (C=O) groups excluding carboxylic acids is 1. The van der Waals surface area contributed by atoms with Crippen molar-refractivity contribution in [3.8, 4) is 0 Å². The number of hydrogen-bond donors (Lipinski definition) is 1. The van der Waals surface area contributed by atoms with Crippen molar-refractivity contribution in [2.45, 2.75) is 38.1 Å². The Morgan fingerprint density at radius 3 is 2.50 bits per heavy atom. The zero-order valence-corrected chi connectivity index (χ0v) is 12.5. The standard InChI is InChI=1S/C12H18BrNOS/c1-8(2)10(9-6-5-7-16-9)14-11(15)12(3,4)13/h5-8,10H,1-4H3,(H,14,15). The fourth-order valence-corrected chi connectivity index (χ4v) is 2.41. The first-order valence-corrected chi connectivity index (χ1v) is 7.03. The van der Waals surface area contributed by atoms with Crippen LogP contribution >= 0.6 is 27.3 Å². The number of hydrogen-bond acceptors (Lipinski definition) is 2. The van der Waals surface area contributed by atoms with Crippen LogP contribution < -0.4 is 5.32 Å². The lowest BCUT2D eigenvalue weighted by Crippen LogP contribution is -2.41.